The van der Waals surface area contributed by atoms with E-state index in [9.17, 15) is 9.59 Å². The molecule has 2 aliphatic heterocycles. The molecule has 0 aromatic heterocycles. The lowest BCUT2D eigenvalue weighted by Gasteiger charge is -2.40. The molecular formula is C31H57N5O5. The van der Waals surface area contributed by atoms with E-state index in [1.165, 1.54) is 0 Å². The molecule has 41 heavy (non-hydrogen) atoms. The number of hydrogen-bond acceptors (Lipinski definition) is 9. The van der Waals surface area contributed by atoms with Crippen molar-refractivity contribution >= 4 is 11.9 Å². The van der Waals surface area contributed by atoms with Gasteiger partial charge in [0.25, 0.3) is 0 Å². The van der Waals surface area contributed by atoms with E-state index in [1.54, 1.807) is 0 Å². The third-order valence-corrected chi connectivity index (χ3v) is 9.14. The third-order valence-electron chi connectivity index (χ3n) is 9.14. The van der Waals surface area contributed by atoms with Gasteiger partial charge in [0.2, 0.25) is 5.91 Å². The Kier molecular flexibility index (Phi) is 12.3. The fraction of sp³-hybridized carbons (Fsp3) is 0.935. The molecule has 10 heteroatoms. The van der Waals surface area contributed by atoms with Crippen LogP contribution in [0.3, 0.4) is 0 Å². The van der Waals surface area contributed by atoms with Crippen LogP contribution in [0.15, 0.2) is 0 Å². The second-order valence-electron chi connectivity index (χ2n) is 14.0. The van der Waals surface area contributed by atoms with Crippen molar-refractivity contribution < 1.29 is 23.8 Å². The highest BCUT2D eigenvalue weighted by molar-refractivity contribution is 5.83. The standard InChI is InChI=1S/C31H57N5O5/c1-21-19-36(20-22(2)40-21)14-15-39-27-12-10-26(11-13-27)35-30-33-16-25(17-34-30)23-6-8-24(9-7-23)29(38)32-18-28(37)41-31(3,4)5/h21-27,30,33-35H,6-20H2,1-5H3,(H,32,38). The van der Waals surface area contributed by atoms with E-state index >= 15 is 0 Å². The molecule has 0 aromatic rings. The lowest BCUT2D eigenvalue weighted by atomic mass is 9.75. The van der Waals surface area contributed by atoms with Crippen LogP contribution in [-0.2, 0) is 23.8 Å². The number of ether oxygens (including phenoxy) is 3. The van der Waals surface area contributed by atoms with Gasteiger partial charge in [-0.1, -0.05) is 0 Å². The number of esters is 1. The highest BCUT2D eigenvalue weighted by Gasteiger charge is 2.34. The Morgan fingerprint density at radius 1 is 0.902 bits per heavy atom. The van der Waals surface area contributed by atoms with Crippen LogP contribution in [0.5, 0.6) is 0 Å². The van der Waals surface area contributed by atoms with Gasteiger partial charge in [-0.3, -0.25) is 30.4 Å². The predicted octanol–water partition coefficient (Wildman–Crippen LogP) is 2.37. The summed E-state index contributed by atoms with van der Waals surface area (Å²) < 4.78 is 17.4. The average molecular weight is 580 g/mol. The van der Waals surface area contributed by atoms with Crippen molar-refractivity contribution in [1.82, 2.24) is 26.2 Å². The first kappa shape index (κ1) is 32.6. The average Bonchev–Trinajstić information content (AvgIpc) is 2.92. The zero-order valence-electron chi connectivity index (χ0n) is 26.2. The molecule has 2 saturated carbocycles. The highest BCUT2D eigenvalue weighted by Crippen LogP contribution is 2.34. The van der Waals surface area contributed by atoms with Crippen LogP contribution in [-0.4, -0.2) is 98.9 Å². The molecule has 0 radical (unpaired) electrons. The van der Waals surface area contributed by atoms with Crippen molar-refractivity contribution in [2.45, 2.75) is 122 Å². The Labute approximate surface area is 247 Å². The minimum absolute atomic E-state index is 0.00140. The highest BCUT2D eigenvalue weighted by atomic mass is 16.6. The summed E-state index contributed by atoms with van der Waals surface area (Å²) in [7, 11) is 0. The lowest BCUT2D eigenvalue weighted by Crippen LogP contribution is -2.63. The van der Waals surface area contributed by atoms with Gasteiger partial charge in [0.15, 0.2) is 0 Å². The van der Waals surface area contributed by atoms with Crippen LogP contribution >= 0.6 is 0 Å². The van der Waals surface area contributed by atoms with Gasteiger partial charge in [-0.25, -0.2) is 0 Å². The van der Waals surface area contributed by atoms with E-state index in [-0.39, 0.29) is 30.6 Å². The summed E-state index contributed by atoms with van der Waals surface area (Å²) in [5.74, 6) is 0.813. The number of morpholine rings is 1. The van der Waals surface area contributed by atoms with Gasteiger partial charge in [0.1, 0.15) is 18.4 Å². The van der Waals surface area contributed by atoms with Gasteiger partial charge in [0.05, 0.1) is 24.9 Å². The fourth-order valence-electron chi connectivity index (χ4n) is 7.12. The molecule has 2 heterocycles. The molecule has 2 saturated heterocycles. The van der Waals surface area contributed by atoms with E-state index in [0.717, 1.165) is 90.7 Å². The Hall–Kier alpha value is -1.30. The lowest BCUT2D eigenvalue weighted by molar-refractivity contribution is -0.154. The molecular weight excluding hydrogens is 522 g/mol. The van der Waals surface area contributed by atoms with Gasteiger partial charge in [-0.05, 0) is 97.8 Å². The molecule has 2 atom stereocenters. The smallest absolute Gasteiger partial charge is 0.325 e. The van der Waals surface area contributed by atoms with Crippen molar-refractivity contribution in [2.75, 3.05) is 45.9 Å². The molecule has 0 bridgehead atoms. The van der Waals surface area contributed by atoms with Crippen LogP contribution in [0, 0.1) is 17.8 Å². The molecule has 4 aliphatic rings. The Morgan fingerprint density at radius 3 is 2.15 bits per heavy atom. The molecule has 2 aliphatic carbocycles. The monoisotopic (exact) mass is 579 g/mol. The minimum atomic E-state index is -0.535. The summed E-state index contributed by atoms with van der Waals surface area (Å²) >= 11 is 0. The fourth-order valence-corrected chi connectivity index (χ4v) is 7.12. The van der Waals surface area contributed by atoms with Crippen LogP contribution in [0.2, 0.25) is 0 Å². The van der Waals surface area contributed by atoms with Crippen LogP contribution in [0.1, 0.15) is 86.0 Å². The number of hydrogen-bond donors (Lipinski definition) is 4. The Morgan fingerprint density at radius 2 is 1.54 bits per heavy atom. The van der Waals surface area contributed by atoms with Crippen LogP contribution in [0.25, 0.3) is 0 Å². The van der Waals surface area contributed by atoms with E-state index < -0.39 is 5.60 Å². The van der Waals surface area contributed by atoms with Gasteiger partial charge < -0.3 is 19.5 Å². The normalized spacial score (nSPS) is 35.5. The minimum Gasteiger partial charge on any atom is -0.459 e. The summed E-state index contributed by atoms with van der Waals surface area (Å²) in [4.78, 5) is 27.0. The molecule has 0 aromatic carbocycles. The second kappa shape index (κ2) is 15.4. The van der Waals surface area contributed by atoms with Crippen LogP contribution in [0.4, 0.5) is 0 Å². The van der Waals surface area contributed by atoms with Crippen molar-refractivity contribution in [3.8, 4) is 0 Å². The van der Waals surface area contributed by atoms with Crippen molar-refractivity contribution in [3.05, 3.63) is 0 Å². The van der Waals surface area contributed by atoms with Crippen LogP contribution < -0.4 is 21.3 Å². The van der Waals surface area contributed by atoms with Gasteiger partial charge in [-0.2, -0.15) is 0 Å². The maximum atomic E-state index is 12.6. The molecule has 4 rings (SSSR count). The first-order valence-corrected chi connectivity index (χ1v) is 16.3. The molecule has 2 unspecified atom stereocenters. The molecule has 236 valence electrons. The summed E-state index contributed by atoms with van der Waals surface area (Å²) in [5, 5.41) is 13.9. The molecule has 4 fully saturated rings. The van der Waals surface area contributed by atoms with Crippen molar-refractivity contribution in [3.63, 3.8) is 0 Å². The first-order chi connectivity index (χ1) is 19.5. The predicted molar refractivity (Wildman–Crippen MR) is 159 cm³/mol. The third kappa shape index (κ3) is 11.0. The summed E-state index contributed by atoms with van der Waals surface area (Å²) in [6.45, 7) is 15.6. The van der Waals surface area contributed by atoms with Gasteiger partial charge >= 0.3 is 5.97 Å². The Balaban J connectivity index is 1.04. The second-order valence-corrected chi connectivity index (χ2v) is 14.0. The number of nitrogens with one attached hydrogen (secondary N) is 4. The first-order valence-electron chi connectivity index (χ1n) is 16.3. The van der Waals surface area contributed by atoms with Gasteiger partial charge in [-0.15, -0.1) is 0 Å². The van der Waals surface area contributed by atoms with Crippen molar-refractivity contribution in [2.24, 2.45) is 17.8 Å². The number of nitrogens with zero attached hydrogens (tertiary/aromatic N) is 1. The topological polar surface area (TPSA) is 113 Å². The van der Waals surface area contributed by atoms with Crippen molar-refractivity contribution in [1.29, 1.82) is 0 Å². The number of carbonyl (C=O) groups is 2. The largest absolute Gasteiger partial charge is 0.459 e. The zero-order valence-corrected chi connectivity index (χ0v) is 26.2. The maximum Gasteiger partial charge on any atom is 0.325 e. The summed E-state index contributed by atoms with van der Waals surface area (Å²) in [6, 6.07) is 0.520. The van der Waals surface area contributed by atoms with Gasteiger partial charge in [0, 0.05) is 44.7 Å². The van der Waals surface area contributed by atoms with E-state index in [2.05, 4.69) is 40.0 Å². The maximum absolute atomic E-state index is 12.6. The molecule has 10 nitrogen and oxygen atoms in total. The number of carbonyl (C=O) groups excluding carboxylic acids is 2. The SMILES string of the molecule is CC1CN(CCOC2CCC(NC3NCC(C4CCC(C(=O)NCC(=O)OC(C)(C)C)CC4)CN3)CC2)CC(C)O1. The molecule has 1 amide bonds. The zero-order chi connectivity index (χ0) is 29.4. The quantitative estimate of drug-likeness (QED) is 0.290. The van der Waals surface area contributed by atoms with E-state index in [4.69, 9.17) is 14.2 Å². The van der Waals surface area contributed by atoms with E-state index in [0.29, 0.717) is 36.2 Å². The Bertz CT molecular complexity index is 804. The summed E-state index contributed by atoms with van der Waals surface area (Å²) in [5.41, 5.74) is -0.535. The summed E-state index contributed by atoms with van der Waals surface area (Å²) in [6.07, 6.45) is 9.61. The number of amides is 1. The molecule has 4 N–H and O–H groups in total. The molecule has 0 spiro atoms. The number of rotatable bonds is 10. The van der Waals surface area contributed by atoms with E-state index in [1.807, 2.05) is 20.8 Å².